The van der Waals surface area contributed by atoms with E-state index in [0.29, 0.717) is 13.2 Å². The molecule has 5 aromatic rings. The zero-order valence-corrected chi connectivity index (χ0v) is 38.5. The van der Waals surface area contributed by atoms with Crippen LogP contribution in [0.2, 0.25) is 9.26 Å². The van der Waals surface area contributed by atoms with E-state index in [9.17, 15) is 0 Å². The van der Waals surface area contributed by atoms with Crippen LogP contribution in [0.25, 0.3) is 45.5 Å². The molecular formula is C48H56Cl2SiZr. The summed E-state index contributed by atoms with van der Waals surface area (Å²) in [5, 5.41) is 0. The van der Waals surface area contributed by atoms with Gasteiger partial charge in [0.1, 0.15) is 0 Å². The van der Waals surface area contributed by atoms with Gasteiger partial charge in [0.25, 0.3) is 0 Å². The van der Waals surface area contributed by atoms with Crippen LogP contribution < -0.4 is 0 Å². The smallest absolute Gasteiger partial charge is 0.147 e. The van der Waals surface area contributed by atoms with Gasteiger partial charge in [0.15, 0.2) is 0 Å². The number of halogens is 2. The molecule has 52 heavy (non-hydrogen) atoms. The van der Waals surface area contributed by atoms with Crippen molar-refractivity contribution in [3.05, 3.63) is 152 Å². The minimum absolute atomic E-state index is 0. The van der Waals surface area contributed by atoms with E-state index in [-0.39, 0.29) is 24.8 Å². The van der Waals surface area contributed by atoms with E-state index in [1.54, 1.807) is 22.3 Å². The van der Waals surface area contributed by atoms with Crippen molar-refractivity contribution in [3.8, 4) is 33.4 Å². The van der Waals surface area contributed by atoms with Crippen LogP contribution in [0.5, 0.6) is 0 Å². The molecule has 0 aromatic heterocycles. The molecule has 270 valence electrons. The molecule has 0 bridgehead atoms. The molecule has 0 aliphatic heterocycles. The van der Waals surface area contributed by atoms with Crippen LogP contribution in [0.4, 0.5) is 0 Å². The first-order valence-electron chi connectivity index (χ1n) is 18.5. The van der Waals surface area contributed by atoms with Crippen molar-refractivity contribution in [3.63, 3.8) is 0 Å². The summed E-state index contributed by atoms with van der Waals surface area (Å²) < 4.78 is 6.50. The molecule has 7 rings (SSSR count). The number of hydrogen-bond donors (Lipinski definition) is 0. The summed E-state index contributed by atoms with van der Waals surface area (Å²) in [7, 11) is 0. The van der Waals surface area contributed by atoms with E-state index in [4.69, 9.17) is 0 Å². The molecule has 2 atom stereocenters. The summed E-state index contributed by atoms with van der Waals surface area (Å²) in [6.45, 7) is 23.2. The SMILES string of the molecule is CC1=Cc2c(-c3cc(C)cc(C)c3)cc(-c3cc(C)cc(C)c3)cc2[CH]1[Zr]([CH3])([CH3])(=[SiH2])[CH]1C(C(C)C)=Cc2c(-c3cc(C)cc(C)c3)cccc21.Cl.Cl. The summed E-state index contributed by atoms with van der Waals surface area (Å²) in [5.41, 5.74) is 25.3. The molecule has 0 radical (unpaired) electrons. The van der Waals surface area contributed by atoms with Crippen molar-refractivity contribution in [1.82, 2.24) is 0 Å². The first kappa shape index (κ1) is 40.4. The van der Waals surface area contributed by atoms with Crippen LogP contribution in [0, 0.1) is 47.5 Å². The molecule has 0 amide bonds. The monoisotopic (exact) mass is 820 g/mol. The zero-order chi connectivity index (χ0) is 35.9. The van der Waals surface area contributed by atoms with Crippen LogP contribution >= 0.6 is 24.8 Å². The molecule has 0 heterocycles. The normalized spacial score (nSPS) is 16.5. The number of rotatable bonds is 6. The van der Waals surface area contributed by atoms with Gasteiger partial charge in [0.2, 0.25) is 0 Å². The third-order valence-corrected chi connectivity index (χ3v) is 29.2. The van der Waals surface area contributed by atoms with Crippen molar-refractivity contribution in [2.75, 3.05) is 0 Å². The number of hydrogen-bond acceptors (Lipinski definition) is 0. The number of aryl methyl sites for hydroxylation is 6. The maximum atomic E-state index is 2.79. The molecule has 0 nitrogen and oxygen atoms in total. The van der Waals surface area contributed by atoms with Gasteiger partial charge in [-0.3, -0.25) is 0 Å². The Kier molecular flexibility index (Phi) is 11.3. The molecule has 0 N–H and O–H groups in total. The Hall–Kier alpha value is -2.74. The average molecular weight is 823 g/mol. The van der Waals surface area contributed by atoms with Gasteiger partial charge >= 0.3 is 306 Å². The Bertz CT molecular complexity index is 2310. The molecule has 2 unspecified atom stereocenters. The van der Waals surface area contributed by atoms with Gasteiger partial charge in [-0.05, 0) is 0 Å². The van der Waals surface area contributed by atoms with Crippen molar-refractivity contribution in [1.29, 1.82) is 0 Å². The Morgan fingerprint density at radius 3 is 1.44 bits per heavy atom. The summed E-state index contributed by atoms with van der Waals surface area (Å²) >= 11 is -3.83. The van der Waals surface area contributed by atoms with Crippen molar-refractivity contribution in [2.45, 2.75) is 78.8 Å². The van der Waals surface area contributed by atoms with Gasteiger partial charge in [0, 0.05) is 0 Å². The van der Waals surface area contributed by atoms with Crippen LogP contribution in [-0.4, -0.2) is 6.88 Å². The Morgan fingerprint density at radius 1 is 0.500 bits per heavy atom. The quantitative estimate of drug-likeness (QED) is 0.150. The third-order valence-electron chi connectivity index (χ3n) is 11.6. The molecule has 0 saturated carbocycles. The molecule has 0 fully saturated rings. The van der Waals surface area contributed by atoms with E-state index in [1.807, 2.05) is 0 Å². The molecule has 4 heteroatoms. The van der Waals surface area contributed by atoms with Gasteiger partial charge in [-0.15, -0.1) is 24.8 Å². The van der Waals surface area contributed by atoms with Crippen molar-refractivity contribution in [2.24, 2.45) is 5.92 Å². The van der Waals surface area contributed by atoms with E-state index < -0.39 is 17.4 Å². The number of allylic oxidation sites excluding steroid dienone is 2. The molecule has 2 aliphatic carbocycles. The van der Waals surface area contributed by atoms with Crippen LogP contribution in [-0.2, 0) is 17.4 Å². The van der Waals surface area contributed by atoms with Gasteiger partial charge in [-0.2, -0.15) is 0 Å². The van der Waals surface area contributed by atoms with Crippen molar-refractivity contribution >= 4 is 43.8 Å². The molecule has 0 spiro atoms. The van der Waals surface area contributed by atoms with E-state index in [2.05, 4.69) is 176 Å². The first-order valence-corrected chi connectivity index (χ1v) is 32.2. The summed E-state index contributed by atoms with van der Waals surface area (Å²) in [6.07, 6.45) is 5.20. The minimum atomic E-state index is -3.83. The molecule has 0 saturated heterocycles. The largest absolute Gasteiger partial charge is 0.147 e. The summed E-state index contributed by atoms with van der Waals surface area (Å²) in [5.74, 6) is 0.481. The van der Waals surface area contributed by atoms with E-state index >= 15 is 0 Å². The maximum Gasteiger partial charge on any atom is -0.147 e. The molecular weight excluding hydrogens is 767 g/mol. The number of fused-ring (bicyclic) bond motifs is 2. The second-order valence-electron chi connectivity index (χ2n) is 17.5. The predicted molar refractivity (Wildman–Crippen MR) is 234 cm³/mol. The van der Waals surface area contributed by atoms with Gasteiger partial charge in [-0.25, -0.2) is 0 Å². The van der Waals surface area contributed by atoms with Crippen molar-refractivity contribution < 1.29 is 17.4 Å². The van der Waals surface area contributed by atoms with Gasteiger partial charge in [-0.1, -0.05) is 0 Å². The van der Waals surface area contributed by atoms with E-state index in [1.165, 1.54) is 77.9 Å². The maximum absolute atomic E-state index is 3.83. The van der Waals surface area contributed by atoms with Crippen LogP contribution in [0.15, 0.2) is 96.1 Å². The Labute approximate surface area is 328 Å². The second-order valence-corrected chi connectivity index (χ2v) is 47.9. The predicted octanol–water partition coefficient (Wildman–Crippen LogP) is 14.0. The first-order chi connectivity index (χ1) is 23.5. The standard InChI is InChI=1S/C26H25.C20H21.2CH3.2ClH.H2Si.Zr/c1-16-6-17(2)9-21(8-16)22-14-24-12-20(5)13-25(24)26(15-22)23-10-18(3)7-19(4)11-23;1-13(2)17-11-16-6-5-7-19(20(16)12-17)18-9-14(3)8-15(4)10-18;;;;;;/h6-15H,1-5H3;5-13H,1-4H3;2*1H3;2*1H;1H2;. The zero-order valence-electron chi connectivity index (χ0n) is 33.0. The fraction of sp³-hybridized carbons (Fsp3) is 0.292. The third kappa shape index (κ3) is 7.11. The minimum Gasteiger partial charge on any atom is -0.147 e. The summed E-state index contributed by atoms with van der Waals surface area (Å²) in [6, 6.07) is 33.4. The van der Waals surface area contributed by atoms with Gasteiger partial charge < -0.3 is 0 Å². The average Bonchev–Trinajstić information content (AvgIpc) is 3.58. The van der Waals surface area contributed by atoms with Crippen LogP contribution in [0.3, 0.4) is 0 Å². The molecule has 5 aromatic carbocycles. The second kappa shape index (κ2) is 14.5. The molecule has 2 aliphatic rings. The van der Waals surface area contributed by atoms with Gasteiger partial charge in [0.05, 0.1) is 0 Å². The topological polar surface area (TPSA) is 0 Å². The fourth-order valence-electron chi connectivity index (χ4n) is 10.1. The Morgan fingerprint density at radius 2 is 0.942 bits per heavy atom. The van der Waals surface area contributed by atoms with Crippen LogP contribution in [0.1, 0.15) is 83.7 Å². The Balaban J connectivity index is 0.00000261. The summed E-state index contributed by atoms with van der Waals surface area (Å²) in [4.78, 5) is 0. The number of benzene rings is 5. The fourth-order valence-corrected chi connectivity index (χ4v) is 30.6. The van der Waals surface area contributed by atoms with E-state index in [0.717, 1.165) is 0 Å².